The van der Waals surface area contributed by atoms with Gasteiger partial charge in [0.05, 0.1) is 0 Å². The standard InChI is InChI=1S/C14H25N/c1-2-4-6-8-10-12-14-15-13-11-9-7-5-3-1/h3,7,15H,1-2,4,6,8-14H2. The second-order valence-electron chi connectivity index (χ2n) is 4.38. The monoisotopic (exact) mass is 207 g/mol. The summed E-state index contributed by atoms with van der Waals surface area (Å²) < 4.78 is 0. The van der Waals surface area contributed by atoms with Gasteiger partial charge in [-0.2, -0.15) is 0 Å². The van der Waals surface area contributed by atoms with E-state index in [0.29, 0.717) is 0 Å². The fourth-order valence-electron chi connectivity index (χ4n) is 1.91. The molecule has 1 aliphatic heterocycles. The molecular formula is C14H25N. The van der Waals surface area contributed by atoms with Gasteiger partial charge in [-0.1, -0.05) is 25.7 Å². The van der Waals surface area contributed by atoms with Crippen LogP contribution in [0.15, 0.2) is 17.9 Å². The molecule has 0 saturated carbocycles. The van der Waals surface area contributed by atoms with Crippen LogP contribution in [0.3, 0.4) is 0 Å². The van der Waals surface area contributed by atoms with Crippen LogP contribution in [0.25, 0.3) is 0 Å². The van der Waals surface area contributed by atoms with Crippen molar-refractivity contribution in [2.45, 2.75) is 57.8 Å². The van der Waals surface area contributed by atoms with E-state index in [4.69, 9.17) is 0 Å². The van der Waals surface area contributed by atoms with Gasteiger partial charge in [-0.05, 0) is 57.3 Å². The lowest BCUT2D eigenvalue weighted by atomic mass is 10.1. The van der Waals surface area contributed by atoms with Crippen molar-refractivity contribution in [3.63, 3.8) is 0 Å². The van der Waals surface area contributed by atoms with E-state index in [2.05, 4.69) is 23.2 Å². The summed E-state index contributed by atoms with van der Waals surface area (Å²) in [6.45, 7) is 2.37. The summed E-state index contributed by atoms with van der Waals surface area (Å²) >= 11 is 0. The highest BCUT2D eigenvalue weighted by atomic mass is 14.8. The second-order valence-corrected chi connectivity index (χ2v) is 4.38. The first-order valence-electron chi connectivity index (χ1n) is 6.60. The third kappa shape index (κ3) is 8.47. The van der Waals surface area contributed by atoms with Crippen molar-refractivity contribution < 1.29 is 0 Å². The average Bonchev–Trinajstić information content (AvgIpc) is 2.27. The maximum Gasteiger partial charge on any atom is -0.00457 e. The van der Waals surface area contributed by atoms with E-state index in [9.17, 15) is 0 Å². The normalized spacial score (nSPS) is 21.9. The van der Waals surface area contributed by atoms with Crippen molar-refractivity contribution in [1.29, 1.82) is 0 Å². The molecule has 0 radical (unpaired) electrons. The lowest BCUT2D eigenvalue weighted by Crippen LogP contribution is -2.16. The fourth-order valence-corrected chi connectivity index (χ4v) is 1.91. The zero-order chi connectivity index (χ0) is 10.6. The quantitative estimate of drug-likeness (QED) is 0.596. The number of allylic oxidation sites excluding steroid dienone is 1. The van der Waals surface area contributed by atoms with Crippen molar-refractivity contribution >= 4 is 0 Å². The van der Waals surface area contributed by atoms with Crippen LogP contribution in [0.5, 0.6) is 0 Å². The Morgan fingerprint density at radius 1 is 0.667 bits per heavy atom. The molecule has 0 aliphatic carbocycles. The molecule has 1 aliphatic rings. The van der Waals surface area contributed by atoms with Crippen LogP contribution < -0.4 is 5.32 Å². The SMILES string of the molecule is C1=CCCCCCCCCNCCCC=1. The van der Waals surface area contributed by atoms with Crippen molar-refractivity contribution in [1.82, 2.24) is 5.32 Å². The Morgan fingerprint density at radius 3 is 2.13 bits per heavy atom. The van der Waals surface area contributed by atoms with Gasteiger partial charge in [0, 0.05) is 0 Å². The molecule has 15 heavy (non-hydrogen) atoms. The zero-order valence-electron chi connectivity index (χ0n) is 9.93. The van der Waals surface area contributed by atoms with E-state index in [1.54, 1.807) is 0 Å². The summed E-state index contributed by atoms with van der Waals surface area (Å²) in [7, 11) is 0. The van der Waals surface area contributed by atoms with Crippen LogP contribution in [-0.2, 0) is 0 Å². The molecule has 0 unspecified atom stereocenters. The molecule has 86 valence electrons. The Kier molecular flexibility index (Phi) is 8.38. The van der Waals surface area contributed by atoms with Crippen molar-refractivity contribution in [2.75, 3.05) is 13.1 Å². The van der Waals surface area contributed by atoms with Gasteiger partial charge < -0.3 is 5.32 Å². The molecule has 1 heterocycles. The molecule has 0 bridgehead atoms. The van der Waals surface area contributed by atoms with Gasteiger partial charge in [-0.25, -0.2) is 0 Å². The van der Waals surface area contributed by atoms with E-state index in [1.807, 2.05) is 0 Å². The van der Waals surface area contributed by atoms with Crippen molar-refractivity contribution in [3.8, 4) is 0 Å². The molecule has 1 N–H and O–H groups in total. The first kappa shape index (κ1) is 12.5. The van der Waals surface area contributed by atoms with Gasteiger partial charge in [0.25, 0.3) is 0 Å². The maximum absolute atomic E-state index is 3.50. The highest BCUT2D eigenvalue weighted by Gasteiger charge is 1.92. The molecule has 1 heteroatoms. The Hall–Kier alpha value is -0.520. The Labute approximate surface area is 94.6 Å². The van der Waals surface area contributed by atoms with E-state index in [-0.39, 0.29) is 0 Å². The topological polar surface area (TPSA) is 12.0 Å². The molecule has 0 saturated heterocycles. The number of hydrogen-bond acceptors (Lipinski definition) is 1. The van der Waals surface area contributed by atoms with Crippen LogP contribution in [0.2, 0.25) is 0 Å². The largest absolute Gasteiger partial charge is 0.317 e. The molecule has 0 atom stereocenters. The summed E-state index contributed by atoms with van der Waals surface area (Å²) in [6.07, 6.45) is 16.4. The molecule has 0 amide bonds. The van der Waals surface area contributed by atoms with E-state index in [1.165, 1.54) is 64.3 Å². The first-order valence-corrected chi connectivity index (χ1v) is 6.60. The summed E-state index contributed by atoms with van der Waals surface area (Å²) in [5.41, 5.74) is 3.28. The minimum absolute atomic E-state index is 1.16. The molecule has 1 nitrogen and oxygen atoms in total. The first-order chi connectivity index (χ1) is 7.50. The third-order valence-electron chi connectivity index (χ3n) is 2.89. The van der Waals surface area contributed by atoms with E-state index in [0.717, 1.165) is 6.54 Å². The molecule has 1 rings (SSSR count). The second kappa shape index (κ2) is 10.0. The van der Waals surface area contributed by atoms with Gasteiger partial charge >= 0.3 is 0 Å². The summed E-state index contributed by atoms with van der Waals surface area (Å²) in [5.74, 6) is 0. The van der Waals surface area contributed by atoms with Gasteiger partial charge in [0.1, 0.15) is 0 Å². The van der Waals surface area contributed by atoms with Crippen LogP contribution in [-0.4, -0.2) is 13.1 Å². The van der Waals surface area contributed by atoms with Crippen LogP contribution in [0.4, 0.5) is 0 Å². The Morgan fingerprint density at radius 2 is 1.27 bits per heavy atom. The highest BCUT2D eigenvalue weighted by molar-refractivity contribution is 4.84. The average molecular weight is 207 g/mol. The summed E-state index contributed by atoms with van der Waals surface area (Å²) in [4.78, 5) is 0. The summed E-state index contributed by atoms with van der Waals surface area (Å²) in [5, 5.41) is 3.50. The number of nitrogens with one attached hydrogen (secondary N) is 1. The summed E-state index contributed by atoms with van der Waals surface area (Å²) in [6, 6.07) is 0. The fraction of sp³-hybridized carbons (Fsp3) is 0.786. The van der Waals surface area contributed by atoms with Crippen molar-refractivity contribution in [3.05, 3.63) is 17.9 Å². The van der Waals surface area contributed by atoms with Gasteiger partial charge in [0.15, 0.2) is 0 Å². The van der Waals surface area contributed by atoms with Crippen molar-refractivity contribution in [2.24, 2.45) is 0 Å². The molecule has 0 aromatic carbocycles. The number of hydrogen-bond donors (Lipinski definition) is 1. The third-order valence-corrected chi connectivity index (χ3v) is 2.89. The van der Waals surface area contributed by atoms with Gasteiger partial charge in [-0.15, -0.1) is 5.73 Å². The number of rotatable bonds is 0. The minimum Gasteiger partial charge on any atom is -0.317 e. The van der Waals surface area contributed by atoms with Crippen LogP contribution >= 0.6 is 0 Å². The maximum atomic E-state index is 3.50. The zero-order valence-corrected chi connectivity index (χ0v) is 9.93. The Bertz CT molecular complexity index is 172. The lowest BCUT2D eigenvalue weighted by Gasteiger charge is -2.03. The predicted molar refractivity (Wildman–Crippen MR) is 67.1 cm³/mol. The molecule has 0 fully saturated rings. The highest BCUT2D eigenvalue weighted by Crippen LogP contribution is 2.07. The van der Waals surface area contributed by atoms with Crippen LogP contribution in [0.1, 0.15) is 57.8 Å². The van der Waals surface area contributed by atoms with Gasteiger partial charge in [0.2, 0.25) is 0 Å². The molecule has 0 spiro atoms. The smallest absolute Gasteiger partial charge is 0.00457 e. The minimum atomic E-state index is 1.16. The van der Waals surface area contributed by atoms with Gasteiger partial charge in [-0.3, -0.25) is 0 Å². The lowest BCUT2D eigenvalue weighted by molar-refractivity contribution is 0.562. The molecule has 0 aromatic heterocycles. The molecular weight excluding hydrogens is 182 g/mol. The van der Waals surface area contributed by atoms with E-state index < -0.39 is 0 Å². The van der Waals surface area contributed by atoms with E-state index >= 15 is 0 Å². The van der Waals surface area contributed by atoms with Crippen LogP contribution in [0, 0.1) is 0 Å². The molecule has 0 aromatic rings. The Balaban J connectivity index is 2.16. The predicted octanol–water partition coefficient (Wildman–Crippen LogP) is 3.81.